The smallest absolute Gasteiger partial charge is 0.332 e. The Hall–Kier alpha value is -3.70. The first-order valence-corrected chi connectivity index (χ1v) is 9.78. The minimum atomic E-state index is -4.13. The number of hydrogen-bond acceptors (Lipinski definition) is 6. The molecule has 0 saturated carbocycles. The zero-order chi connectivity index (χ0) is 22.9. The van der Waals surface area contributed by atoms with Gasteiger partial charge in [0, 0.05) is 28.4 Å². The third-order valence-electron chi connectivity index (χ3n) is 4.31. The van der Waals surface area contributed by atoms with Gasteiger partial charge in [0.1, 0.15) is 22.1 Å². The van der Waals surface area contributed by atoms with E-state index in [4.69, 9.17) is 0 Å². The Morgan fingerprint density at radius 3 is 2.38 bits per heavy atom. The van der Waals surface area contributed by atoms with Crippen molar-refractivity contribution in [3.05, 3.63) is 83.3 Å². The van der Waals surface area contributed by atoms with Gasteiger partial charge in [0.05, 0.1) is 18.1 Å². The molecule has 162 valence electrons. The summed E-state index contributed by atoms with van der Waals surface area (Å²) in [5.41, 5.74) is -0.292. The SMILES string of the molecule is O=C(Nc1cnc(-c2cc(-c3cccnc3)sc2C(O)(F)F)cn1)c1c(F)cccc1F. The van der Waals surface area contributed by atoms with Crippen LogP contribution < -0.4 is 5.32 Å². The number of halogens is 4. The molecule has 0 radical (unpaired) electrons. The molecular formula is C21H12F4N4O2S. The fourth-order valence-electron chi connectivity index (χ4n) is 2.88. The Labute approximate surface area is 182 Å². The molecule has 0 aliphatic heterocycles. The maximum Gasteiger partial charge on any atom is 0.390 e. The standard InChI is InChI=1S/C21H12F4N4O2S/c22-13-4-1-5-14(23)18(13)20(30)29-17-10-27-15(9-28-17)12-7-16(11-3-2-6-26-8-11)32-19(12)21(24,25)31/h1-10,31H,(H,28,29,30). The van der Waals surface area contributed by atoms with Crippen molar-refractivity contribution in [3.8, 4) is 21.7 Å². The van der Waals surface area contributed by atoms with Gasteiger partial charge in [-0.1, -0.05) is 12.1 Å². The Bertz CT molecular complexity index is 1260. The van der Waals surface area contributed by atoms with Gasteiger partial charge in [-0.05, 0) is 24.3 Å². The number of anilines is 1. The van der Waals surface area contributed by atoms with Crippen molar-refractivity contribution in [2.24, 2.45) is 0 Å². The van der Waals surface area contributed by atoms with Gasteiger partial charge in [0.15, 0.2) is 5.82 Å². The molecule has 4 rings (SSSR count). The predicted molar refractivity (Wildman–Crippen MR) is 109 cm³/mol. The zero-order valence-corrected chi connectivity index (χ0v) is 16.7. The van der Waals surface area contributed by atoms with Gasteiger partial charge in [-0.25, -0.2) is 13.8 Å². The molecule has 32 heavy (non-hydrogen) atoms. The van der Waals surface area contributed by atoms with Gasteiger partial charge in [-0.2, -0.15) is 8.78 Å². The Balaban J connectivity index is 1.64. The summed E-state index contributed by atoms with van der Waals surface area (Å²) in [5.74, 6) is -3.34. The number of nitrogens with zero attached hydrogens (tertiary/aromatic N) is 3. The van der Waals surface area contributed by atoms with E-state index in [1.54, 1.807) is 12.1 Å². The van der Waals surface area contributed by atoms with Crippen LogP contribution in [-0.2, 0) is 6.11 Å². The lowest BCUT2D eigenvalue weighted by molar-refractivity contribution is -0.205. The van der Waals surface area contributed by atoms with Crippen LogP contribution >= 0.6 is 11.3 Å². The van der Waals surface area contributed by atoms with Crippen LogP contribution in [0.3, 0.4) is 0 Å². The molecule has 1 aromatic carbocycles. The van der Waals surface area contributed by atoms with Gasteiger partial charge >= 0.3 is 6.11 Å². The highest BCUT2D eigenvalue weighted by atomic mass is 32.1. The molecule has 3 heterocycles. The largest absolute Gasteiger partial charge is 0.390 e. The second kappa shape index (κ2) is 8.44. The molecule has 6 nitrogen and oxygen atoms in total. The first-order chi connectivity index (χ1) is 15.2. The van der Waals surface area contributed by atoms with Crippen molar-refractivity contribution < 1.29 is 27.5 Å². The fourth-order valence-corrected chi connectivity index (χ4v) is 3.91. The van der Waals surface area contributed by atoms with Crippen LogP contribution in [0.25, 0.3) is 21.7 Å². The van der Waals surface area contributed by atoms with Crippen molar-refractivity contribution in [3.63, 3.8) is 0 Å². The highest BCUT2D eigenvalue weighted by molar-refractivity contribution is 7.16. The average molecular weight is 460 g/mol. The van der Waals surface area contributed by atoms with E-state index in [1.807, 2.05) is 0 Å². The van der Waals surface area contributed by atoms with Crippen LogP contribution in [0.1, 0.15) is 15.2 Å². The first kappa shape index (κ1) is 21.5. The van der Waals surface area contributed by atoms with Crippen molar-refractivity contribution in [1.29, 1.82) is 0 Å². The van der Waals surface area contributed by atoms with Crippen LogP contribution in [-0.4, -0.2) is 26.0 Å². The van der Waals surface area contributed by atoms with Crippen molar-refractivity contribution in [1.82, 2.24) is 15.0 Å². The van der Waals surface area contributed by atoms with Crippen LogP contribution in [0.15, 0.2) is 61.2 Å². The molecule has 0 aliphatic rings. The van der Waals surface area contributed by atoms with Crippen LogP contribution in [0.2, 0.25) is 0 Å². The normalized spacial score (nSPS) is 11.4. The van der Waals surface area contributed by atoms with E-state index in [-0.39, 0.29) is 17.1 Å². The minimum absolute atomic E-state index is 0.00446. The van der Waals surface area contributed by atoms with Gasteiger partial charge in [0.2, 0.25) is 0 Å². The lowest BCUT2D eigenvalue weighted by Gasteiger charge is -2.10. The molecule has 0 bridgehead atoms. The summed E-state index contributed by atoms with van der Waals surface area (Å²) in [6.07, 6.45) is 1.04. The highest BCUT2D eigenvalue weighted by Crippen LogP contribution is 2.43. The van der Waals surface area contributed by atoms with Crippen LogP contribution in [0.4, 0.5) is 23.4 Å². The maximum atomic E-state index is 13.8. The molecule has 0 spiro atoms. The molecule has 4 aromatic rings. The van der Waals surface area contributed by atoms with Crippen LogP contribution in [0.5, 0.6) is 0 Å². The van der Waals surface area contributed by atoms with E-state index >= 15 is 0 Å². The predicted octanol–water partition coefficient (Wildman–Crippen LogP) is 4.84. The number of nitrogens with one attached hydrogen (secondary N) is 1. The van der Waals surface area contributed by atoms with E-state index in [2.05, 4.69) is 20.3 Å². The number of carbonyl (C=O) groups is 1. The van der Waals surface area contributed by atoms with Crippen molar-refractivity contribution >= 4 is 23.1 Å². The van der Waals surface area contributed by atoms with E-state index in [9.17, 15) is 27.5 Å². The number of thiophene rings is 1. The molecule has 0 unspecified atom stereocenters. The third kappa shape index (κ3) is 4.34. The number of aromatic nitrogens is 3. The summed E-state index contributed by atoms with van der Waals surface area (Å²) in [6, 6.07) is 7.71. The Kier molecular flexibility index (Phi) is 5.68. The number of alkyl halides is 2. The molecule has 0 fully saturated rings. The summed E-state index contributed by atoms with van der Waals surface area (Å²) < 4.78 is 55.1. The molecular weight excluding hydrogens is 448 g/mol. The van der Waals surface area contributed by atoms with Crippen molar-refractivity contribution in [2.45, 2.75) is 6.11 Å². The number of aliphatic hydroxyl groups is 1. The summed E-state index contributed by atoms with van der Waals surface area (Å²) in [6.45, 7) is 0. The molecule has 2 N–H and O–H groups in total. The van der Waals surface area contributed by atoms with Gasteiger partial charge < -0.3 is 10.4 Å². The number of benzene rings is 1. The number of hydrogen-bond donors (Lipinski definition) is 2. The number of amides is 1. The second-order valence-corrected chi connectivity index (χ2v) is 7.53. The van der Waals surface area contributed by atoms with Gasteiger partial charge in [0.25, 0.3) is 5.91 Å². The number of rotatable bonds is 5. The highest BCUT2D eigenvalue weighted by Gasteiger charge is 2.34. The van der Waals surface area contributed by atoms with Gasteiger partial charge in [-0.3, -0.25) is 14.8 Å². The zero-order valence-electron chi connectivity index (χ0n) is 15.9. The van der Waals surface area contributed by atoms with E-state index in [0.717, 1.165) is 30.6 Å². The lowest BCUT2D eigenvalue weighted by atomic mass is 10.1. The summed E-state index contributed by atoms with van der Waals surface area (Å²) >= 11 is 0.669. The Morgan fingerprint density at radius 2 is 1.78 bits per heavy atom. The van der Waals surface area contributed by atoms with Crippen LogP contribution in [0, 0.1) is 11.6 Å². The molecule has 0 aliphatic carbocycles. The molecule has 0 saturated heterocycles. The Morgan fingerprint density at radius 1 is 1.03 bits per heavy atom. The third-order valence-corrected chi connectivity index (χ3v) is 5.55. The summed E-state index contributed by atoms with van der Waals surface area (Å²) in [4.78, 5) is 23.8. The average Bonchev–Trinajstić information content (AvgIpc) is 3.21. The van der Waals surface area contributed by atoms with E-state index < -0.39 is 34.1 Å². The van der Waals surface area contributed by atoms with Gasteiger partial charge in [-0.15, -0.1) is 11.3 Å². The molecule has 1 amide bonds. The second-order valence-electron chi connectivity index (χ2n) is 6.47. The van der Waals surface area contributed by atoms with E-state index in [1.165, 1.54) is 18.5 Å². The number of carbonyl (C=O) groups excluding carboxylic acids is 1. The fraction of sp³-hybridized carbons (Fsp3) is 0.0476. The molecule has 3 aromatic heterocycles. The number of pyridine rings is 1. The first-order valence-electron chi connectivity index (χ1n) is 8.96. The lowest BCUT2D eigenvalue weighted by Crippen LogP contribution is -2.16. The topological polar surface area (TPSA) is 88.0 Å². The molecule has 11 heteroatoms. The quantitative estimate of drug-likeness (QED) is 0.416. The molecule has 0 atom stereocenters. The van der Waals surface area contributed by atoms with Crippen molar-refractivity contribution in [2.75, 3.05) is 5.32 Å². The minimum Gasteiger partial charge on any atom is -0.332 e. The summed E-state index contributed by atoms with van der Waals surface area (Å²) in [7, 11) is 0. The van der Waals surface area contributed by atoms with E-state index in [0.29, 0.717) is 21.8 Å². The summed E-state index contributed by atoms with van der Waals surface area (Å²) in [5, 5.41) is 11.5. The maximum absolute atomic E-state index is 13.8. The monoisotopic (exact) mass is 460 g/mol.